The number of unbranched alkanes of at least 4 members (excludes halogenated alkanes) is 2. The third-order valence-corrected chi connectivity index (χ3v) is 4.44. The van der Waals surface area contributed by atoms with Gasteiger partial charge in [0.25, 0.3) is 0 Å². The maximum Gasteiger partial charge on any atom is 0.180 e. The molecule has 5 nitrogen and oxygen atoms in total. The first-order chi connectivity index (χ1) is 13.7. The predicted octanol–water partition coefficient (Wildman–Crippen LogP) is 5.26. The SMILES string of the molecule is CCCOC(COCCCCCOc1c(CC)cc(O)cc1CC)OCCC. The number of ether oxygens (including phenoxy) is 4. The lowest BCUT2D eigenvalue weighted by molar-refractivity contribution is -0.172. The Labute approximate surface area is 171 Å². The topological polar surface area (TPSA) is 57.2 Å². The number of aryl methyl sites for hydroxylation is 2. The van der Waals surface area contributed by atoms with Crippen LogP contribution in [0.5, 0.6) is 11.5 Å². The third-order valence-electron chi connectivity index (χ3n) is 4.44. The molecule has 0 unspecified atom stereocenters. The van der Waals surface area contributed by atoms with Gasteiger partial charge in [-0.15, -0.1) is 0 Å². The van der Waals surface area contributed by atoms with Crippen LogP contribution in [0.25, 0.3) is 0 Å². The lowest BCUT2D eigenvalue weighted by atomic mass is 10.0. The zero-order valence-electron chi connectivity index (χ0n) is 18.3. The van der Waals surface area contributed by atoms with Crippen molar-refractivity contribution in [3.63, 3.8) is 0 Å². The standard InChI is InChI=1S/C23H40O5/c1-5-12-26-22(27-13-6-2)18-25-14-10-9-11-15-28-23-19(7-3)16-21(24)17-20(23)8-4/h16-17,22,24H,5-15,18H2,1-4H3. The summed E-state index contributed by atoms with van der Waals surface area (Å²) in [5.74, 6) is 1.27. The Morgan fingerprint density at radius 3 is 1.89 bits per heavy atom. The zero-order valence-corrected chi connectivity index (χ0v) is 18.3. The molecule has 0 aliphatic rings. The van der Waals surface area contributed by atoms with Gasteiger partial charge in [-0.2, -0.15) is 0 Å². The molecule has 162 valence electrons. The van der Waals surface area contributed by atoms with E-state index in [4.69, 9.17) is 18.9 Å². The molecular formula is C23H40O5. The number of rotatable bonds is 17. The molecule has 0 amide bonds. The molecule has 0 spiro atoms. The summed E-state index contributed by atoms with van der Waals surface area (Å²) in [4.78, 5) is 0. The molecule has 28 heavy (non-hydrogen) atoms. The highest BCUT2D eigenvalue weighted by Crippen LogP contribution is 2.30. The van der Waals surface area contributed by atoms with E-state index >= 15 is 0 Å². The van der Waals surface area contributed by atoms with Crippen molar-refractivity contribution in [3.05, 3.63) is 23.3 Å². The van der Waals surface area contributed by atoms with Crippen LogP contribution in [0.4, 0.5) is 0 Å². The fourth-order valence-corrected chi connectivity index (χ4v) is 2.93. The van der Waals surface area contributed by atoms with Gasteiger partial charge in [-0.25, -0.2) is 0 Å². The minimum absolute atomic E-state index is 0.252. The Bertz CT molecular complexity index is 485. The van der Waals surface area contributed by atoms with E-state index in [1.807, 2.05) is 0 Å². The molecule has 0 atom stereocenters. The Hall–Kier alpha value is -1.30. The minimum Gasteiger partial charge on any atom is -0.508 e. The van der Waals surface area contributed by atoms with Gasteiger partial charge in [0.1, 0.15) is 11.5 Å². The molecule has 0 saturated heterocycles. The lowest BCUT2D eigenvalue weighted by Gasteiger charge is -2.18. The van der Waals surface area contributed by atoms with Gasteiger partial charge in [0.05, 0.1) is 13.2 Å². The van der Waals surface area contributed by atoms with Crippen LogP contribution in [-0.2, 0) is 27.1 Å². The molecule has 0 saturated carbocycles. The highest BCUT2D eigenvalue weighted by Gasteiger charge is 2.11. The van der Waals surface area contributed by atoms with Crippen LogP contribution in [0.2, 0.25) is 0 Å². The summed E-state index contributed by atoms with van der Waals surface area (Å²) in [6.45, 7) is 11.6. The molecule has 0 aliphatic heterocycles. The molecule has 1 aromatic rings. The minimum atomic E-state index is -0.252. The Balaban J connectivity index is 2.22. The average molecular weight is 397 g/mol. The molecule has 0 fully saturated rings. The van der Waals surface area contributed by atoms with E-state index in [2.05, 4.69) is 27.7 Å². The molecule has 0 bridgehead atoms. The summed E-state index contributed by atoms with van der Waals surface area (Å²) in [5, 5.41) is 9.82. The average Bonchev–Trinajstić information content (AvgIpc) is 2.71. The number of hydrogen-bond donors (Lipinski definition) is 1. The third kappa shape index (κ3) is 9.76. The molecular weight excluding hydrogens is 356 g/mol. The summed E-state index contributed by atoms with van der Waals surface area (Å²) < 4.78 is 23.1. The number of phenols is 1. The van der Waals surface area contributed by atoms with E-state index in [0.717, 1.165) is 61.8 Å². The smallest absolute Gasteiger partial charge is 0.180 e. The molecule has 0 aromatic heterocycles. The van der Waals surface area contributed by atoms with Gasteiger partial charge in [0.2, 0.25) is 0 Å². The van der Waals surface area contributed by atoms with Crippen LogP contribution in [0, 0.1) is 0 Å². The molecule has 0 radical (unpaired) electrons. The normalized spacial score (nSPS) is 11.3. The fourth-order valence-electron chi connectivity index (χ4n) is 2.93. The van der Waals surface area contributed by atoms with Gasteiger partial charge >= 0.3 is 0 Å². The van der Waals surface area contributed by atoms with E-state index in [-0.39, 0.29) is 6.29 Å². The van der Waals surface area contributed by atoms with Crippen molar-refractivity contribution in [3.8, 4) is 11.5 Å². The van der Waals surface area contributed by atoms with Crippen LogP contribution < -0.4 is 4.74 Å². The number of aromatic hydroxyl groups is 1. The van der Waals surface area contributed by atoms with Crippen molar-refractivity contribution >= 4 is 0 Å². The van der Waals surface area contributed by atoms with Crippen molar-refractivity contribution in [2.24, 2.45) is 0 Å². The summed E-state index contributed by atoms with van der Waals surface area (Å²) in [6.07, 6.45) is 6.44. The van der Waals surface area contributed by atoms with Crippen LogP contribution in [0.3, 0.4) is 0 Å². The fraction of sp³-hybridized carbons (Fsp3) is 0.739. The highest BCUT2D eigenvalue weighted by atomic mass is 16.7. The van der Waals surface area contributed by atoms with E-state index in [9.17, 15) is 5.11 Å². The summed E-state index contributed by atoms with van der Waals surface area (Å²) in [5.41, 5.74) is 2.15. The van der Waals surface area contributed by atoms with E-state index in [0.29, 0.717) is 38.8 Å². The second-order valence-corrected chi connectivity index (χ2v) is 6.96. The molecule has 1 rings (SSSR count). The Morgan fingerprint density at radius 1 is 0.786 bits per heavy atom. The van der Waals surface area contributed by atoms with Gasteiger partial charge in [-0.3, -0.25) is 0 Å². The van der Waals surface area contributed by atoms with Gasteiger partial charge in [-0.05, 0) is 68.2 Å². The van der Waals surface area contributed by atoms with Gasteiger partial charge in [-0.1, -0.05) is 27.7 Å². The summed E-state index contributed by atoms with van der Waals surface area (Å²) in [7, 11) is 0. The number of hydrogen-bond acceptors (Lipinski definition) is 5. The van der Waals surface area contributed by atoms with E-state index < -0.39 is 0 Å². The first kappa shape index (κ1) is 24.7. The van der Waals surface area contributed by atoms with E-state index in [1.54, 1.807) is 12.1 Å². The number of benzene rings is 1. The van der Waals surface area contributed by atoms with Gasteiger partial charge < -0.3 is 24.1 Å². The van der Waals surface area contributed by atoms with Crippen molar-refractivity contribution < 1.29 is 24.1 Å². The van der Waals surface area contributed by atoms with Gasteiger partial charge in [0.15, 0.2) is 6.29 Å². The summed E-state index contributed by atoms with van der Waals surface area (Å²) >= 11 is 0. The molecule has 0 heterocycles. The van der Waals surface area contributed by atoms with Crippen molar-refractivity contribution in [2.45, 2.75) is 78.9 Å². The predicted molar refractivity (Wildman–Crippen MR) is 113 cm³/mol. The first-order valence-electron chi connectivity index (χ1n) is 10.9. The molecule has 1 N–H and O–H groups in total. The Morgan fingerprint density at radius 2 is 1.36 bits per heavy atom. The van der Waals surface area contributed by atoms with Gasteiger partial charge in [0, 0.05) is 19.8 Å². The van der Waals surface area contributed by atoms with Crippen LogP contribution in [-0.4, -0.2) is 44.4 Å². The van der Waals surface area contributed by atoms with Crippen molar-refractivity contribution in [1.82, 2.24) is 0 Å². The quantitative estimate of drug-likeness (QED) is 0.287. The van der Waals surface area contributed by atoms with Crippen LogP contribution in [0.15, 0.2) is 12.1 Å². The second-order valence-electron chi connectivity index (χ2n) is 6.96. The zero-order chi connectivity index (χ0) is 20.6. The second kappa shape index (κ2) is 15.6. The van der Waals surface area contributed by atoms with Crippen molar-refractivity contribution in [2.75, 3.05) is 33.0 Å². The number of phenolic OH excluding ortho intramolecular Hbond substituents is 1. The monoisotopic (exact) mass is 396 g/mol. The van der Waals surface area contributed by atoms with Crippen molar-refractivity contribution in [1.29, 1.82) is 0 Å². The molecule has 5 heteroatoms. The Kier molecular flexibility index (Phi) is 13.8. The lowest BCUT2D eigenvalue weighted by Crippen LogP contribution is -2.24. The van der Waals surface area contributed by atoms with Crippen LogP contribution >= 0.6 is 0 Å². The molecule has 1 aromatic carbocycles. The van der Waals surface area contributed by atoms with Crippen LogP contribution in [0.1, 0.15) is 70.9 Å². The first-order valence-corrected chi connectivity index (χ1v) is 10.9. The van der Waals surface area contributed by atoms with E-state index in [1.165, 1.54) is 0 Å². The highest BCUT2D eigenvalue weighted by molar-refractivity contribution is 5.47. The maximum atomic E-state index is 9.82. The largest absolute Gasteiger partial charge is 0.508 e. The summed E-state index contributed by atoms with van der Waals surface area (Å²) in [6, 6.07) is 3.61. The maximum absolute atomic E-state index is 9.82. The molecule has 0 aliphatic carbocycles.